The van der Waals surface area contributed by atoms with Crippen molar-refractivity contribution in [1.29, 1.82) is 0 Å². The molecule has 5 heteroatoms. The predicted octanol–water partition coefficient (Wildman–Crippen LogP) is 1.62. The van der Waals surface area contributed by atoms with Gasteiger partial charge in [0.1, 0.15) is 5.75 Å². The van der Waals surface area contributed by atoms with Crippen LogP contribution < -0.4 is 4.74 Å². The Bertz CT molecular complexity index is 498. The molecule has 0 saturated carbocycles. The molecule has 3 aliphatic heterocycles. The van der Waals surface area contributed by atoms with E-state index < -0.39 is 0 Å². The fraction of sp³-hybridized carbons (Fsp3) is 0.533. The molecule has 20 heavy (non-hydrogen) atoms. The first-order valence-corrected chi connectivity index (χ1v) is 7.08. The van der Waals surface area contributed by atoms with Crippen LogP contribution in [-0.4, -0.2) is 53.9 Å². The third kappa shape index (κ3) is 2.27. The van der Waals surface area contributed by atoms with Crippen LogP contribution in [0.2, 0.25) is 0 Å². The van der Waals surface area contributed by atoms with Gasteiger partial charge in [0.2, 0.25) is 0 Å². The summed E-state index contributed by atoms with van der Waals surface area (Å²) in [7, 11) is 1.53. The fourth-order valence-electron chi connectivity index (χ4n) is 3.31. The smallest absolute Gasteiger partial charge is 0.281 e. The number of ether oxygens (including phenoxy) is 1. The van der Waals surface area contributed by atoms with Gasteiger partial charge < -0.3 is 9.64 Å². The van der Waals surface area contributed by atoms with Crippen LogP contribution in [0, 0.1) is 5.92 Å². The highest BCUT2D eigenvalue weighted by atomic mass is 16.5. The molecule has 108 valence electrons. The van der Waals surface area contributed by atoms with Gasteiger partial charge in [-0.1, -0.05) is 12.1 Å². The quantitative estimate of drug-likeness (QED) is 0.673. The van der Waals surface area contributed by atoms with E-state index in [9.17, 15) is 10.0 Å². The van der Waals surface area contributed by atoms with E-state index in [2.05, 4.69) is 4.90 Å². The largest absolute Gasteiger partial charge is 0.496 e. The Balaban J connectivity index is 1.80. The number of amides is 1. The monoisotopic (exact) mass is 276 g/mol. The lowest BCUT2D eigenvalue weighted by Crippen LogP contribution is -2.57. The van der Waals surface area contributed by atoms with E-state index in [1.165, 1.54) is 7.11 Å². The summed E-state index contributed by atoms with van der Waals surface area (Å²) in [4.78, 5) is 14.8. The topological polar surface area (TPSA) is 53.0 Å². The van der Waals surface area contributed by atoms with Crippen molar-refractivity contribution in [1.82, 2.24) is 9.96 Å². The number of carbonyl (C=O) groups is 1. The summed E-state index contributed by atoms with van der Waals surface area (Å²) in [5, 5.41) is 11.3. The van der Waals surface area contributed by atoms with E-state index in [0.717, 1.165) is 37.5 Å². The van der Waals surface area contributed by atoms with Crippen molar-refractivity contribution in [3.63, 3.8) is 0 Å². The third-order valence-corrected chi connectivity index (χ3v) is 4.48. The minimum atomic E-state index is -0.374. The molecule has 1 amide bonds. The standard InChI is InChI=1S/C15H20N2O3/c1-20-14-5-3-2-4-12(14)15(18)17(19)13-10-16-8-6-11(13)7-9-16/h2-5,11,13,19H,6-10H2,1H3. The van der Waals surface area contributed by atoms with Gasteiger partial charge in [-0.15, -0.1) is 0 Å². The van der Waals surface area contributed by atoms with E-state index in [1.807, 2.05) is 6.07 Å². The minimum Gasteiger partial charge on any atom is -0.496 e. The Morgan fingerprint density at radius 2 is 2.05 bits per heavy atom. The number of methoxy groups -OCH3 is 1. The molecule has 3 heterocycles. The van der Waals surface area contributed by atoms with Crippen LogP contribution in [0.25, 0.3) is 0 Å². The van der Waals surface area contributed by atoms with Gasteiger partial charge in [-0.25, -0.2) is 5.06 Å². The van der Waals surface area contributed by atoms with E-state index in [4.69, 9.17) is 4.74 Å². The van der Waals surface area contributed by atoms with E-state index in [1.54, 1.807) is 18.2 Å². The molecule has 2 bridgehead atoms. The number of fused-ring (bicyclic) bond motifs is 3. The maximum atomic E-state index is 12.5. The number of rotatable bonds is 3. The molecule has 1 atom stereocenters. The summed E-state index contributed by atoms with van der Waals surface area (Å²) in [5.41, 5.74) is 0.411. The molecule has 0 radical (unpaired) electrons. The first-order valence-electron chi connectivity index (χ1n) is 7.08. The average Bonchev–Trinajstić information content (AvgIpc) is 2.54. The highest BCUT2D eigenvalue weighted by molar-refractivity contribution is 5.96. The summed E-state index contributed by atoms with van der Waals surface area (Å²) in [6.07, 6.45) is 2.11. The normalized spacial score (nSPS) is 28.2. The summed E-state index contributed by atoms with van der Waals surface area (Å²) in [6.45, 7) is 2.93. The van der Waals surface area contributed by atoms with Gasteiger partial charge >= 0.3 is 0 Å². The molecular formula is C15H20N2O3. The van der Waals surface area contributed by atoms with Gasteiger partial charge in [-0.3, -0.25) is 10.0 Å². The maximum absolute atomic E-state index is 12.5. The summed E-state index contributed by atoms with van der Waals surface area (Å²) >= 11 is 0. The van der Waals surface area contributed by atoms with Crippen molar-refractivity contribution < 1.29 is 14.7 Å². The van der Waals surface area contributed by atoms with Gasteiger partial charge in [-0.2, -0.15) is 0 Å². The van der Waals surface area contributed by atoms with Gasteiger partial charge in [0.05, 0.1) is 18.7 Å². The van der Waals surface area contributed by atoms with Gasteiger partial charge in [0.15, 0.2) is 0 Å². The Morgan fingerprint density at radius 1 is 1.35 bits per heavy atom. The Labute approximate surface area is 118 Å². The summed E-state index contributed by atoms with van der Waals surface area (Å²) in [6, 6.07) is 6.91. The molecule has 3 fully saturated rings. The van der Waals surface area contributed by atoms with Crippen LogP contribution in [0.3, 0.4) is 0 Å². The van der Waals surface area contributed by atoms with E-state index in [0.29, 0.717) is 17.2 Å². The molecule has 1 N–H and O–H groups in total. The lowest BCUT2D eigenvalue weighted by Gasteiger charge is -2.46. The van der Waals surface area contributed by atoms with Crippen molar-refractivity contribution in [2.75, 3.05) is 26.7 Å². The second-order valence-electron chi connectivity index (χ2n) is 5.56. The maximum Gasteiger partial charge on any atom is 0.281 e. The second kappa shape index (κ2) is 5.42. The summed E-state index contributed by atoms with van der Waals surface area (Å²) < 4.78 is 5.20. The number of carbonyl (C=O) groups excluding carboxylic acids is 1. The van der Waals surface area contributed by atoms with Gasteiger partial charge in [0, 0.05) is 6.54 Å². The average molecular weight is 276 g/mol. The van der Waals surface area contributed by atoms with Gasteiger partial charge in [0.25, 0.3) is 5.91 Å². The van der Waals surface area contributed by atoms with E-state index >= 15 is 0 Å². The van der Waals surface area contributed by atoms with Crippen molar-refractivity contribution in [2.45, 2.75) is 18.9 Å². The Kier molecular flexibility index (Phi) is 3.63. The number of nitrogens with zero attached hydrogens (tertiary/aromatic N) is 2. The number of piperidine rings is 3. The molecule has 0 aliphatic carbocycles. The fourth-order valence-corrected chi connectivity index (χ4v) is 3.31. The van der Waals surface area contributed by atoms with Crippen molar-refractivity contribution in [2.24, 2.45) is 5.92 Å². The van der Waals surface area contributed by atoms with Crippen LogP contribution in [0.4, 0.5) is 0 Å². The SMILES string of the molecule is COc1ccccc1C(=O)N(O)C1CN2CCC1CC2. The van der Waals surface area contributed by atoms with Crippen LogP contribution in [0.5, 0.6) is 5.75 Å². The predicted molar refractivity (Wildman–Crippen MR) is 73.9 cm³/mol. The van der Waals surface area contributed by atoms with Crippen molar-refractivity contribution in [3.8, 4) is 5.75 Å². The highest BCUT2D eigenvalue weighted by Crippen LogP contribution is 2.31. The number of hydrogen-bond acceptors (Lipinski definition) is 4. The highest BCUT2D eigenvalue weighted by Gasteiger charge is 2.39. The lowest BCUT2D eigenvalue weighted by molar-refractivity contribution is -0.133. The Morgan fingerprint density at radius 3 is 2.65 bits per heavy atom. The molecule has 3 saturated heterocycles. The third-order valence-electron chi connectivity index (χ3n) is 4.48. The molecular weight excluding hydrogens is 256 g/mol. The molecule has 4 rings (SSSR count). The van der Waals surface area contributed by atoms with Crippen molar-refractivity contribution in [3.05, 3.63) is 29.8 Å². The lowest BCUT2D eigenvalue weighted by atomic mass is 9.83. The zero-order chi connectivity index (χ0) is 14.1. The number of para-hydroxylation sites is 1. The zero-order valence-electron chi connectivity index (χ0n) is 11.7. The molecule has 1 aromatic rings. The van der Waals surface area contributed by atoms with Gasteiger partial charge in [-0.05, 0) is 44.0 Å². The zero-order valence-corrected chi connectivity index (χ0v) is 11.7. The van der Waals surface area contributed by atoms with E-state index in [-0.39, 0.29) is 11.9 Å². The minimum absolute atomic E-state index is 0.102. The first kappa shape index (κ1) is 13.4. The second-order valence-corrected chi connectivity index (χ2v) is 5.56. The van der Waals surface area contributed by atoms with Crippen LogP contribution in [0.1, 0.15) is 23.2 Å². The number of hydrogen-bond donors (Lipinski definition) is 1. The number of benzene rings is 1. The van der Waals surface area contributed by atoms with Crippen LogP contribution in [-0.2, 0) is 0 Å². The summed E-state index contributed by atoms with van der Waals surface area (Å²) in [5.74, 6) is 0.530. The molecule has 1 unspecified atom stereocenters. The molecule has 0 aromatic heterocycles. The Hall–Kier alpha value is -1.59. The molecule has 5 nitrogen and oxygen atoms in total. The van der Waals surface area contributed by atoms with Crippen LogP contribution in [0.15, 0.2) is 24.3 Å². The van der Waals surface area contributed by atoms with Crippen molar-refractivity contribution >= 4 is 5.91 Å². The molecule has 1 aromatic carbocycles. The number of hydroxylamine groups is 2. The molecule has 0 spiro atoms. The first-order chi connectivity index (χ1) is 9.70. The molecule has 3 aliphatic rings. The van der Waals surface area contributed by atoms with Crippen LogP contribution >= 0.6 is 0 Å².